The number of rotatable bonds is 5. The maximum Gasteiger partial charge on any atom is 0.302 e. The number of aromatic amines is 1. The molecule has 3 rings (SSSR count). The molecule has 2 N–H and O–H groups in total. The van der Waals surface area contributed by atoms with Crippen molar-refractivity contribution < 1.29 is 19.6 Å². The monoisotopic (exact) mass is 374 g/mol. The first-order valence-corrected chi connectivity index (χ1v) is 7.64. The van der Waals surface area contributed by atoms with Crippen LogP contribution < -0.4 is 4.74 Å². The van der Waals surface area contributed by atoms with E-state index in [4.69, 9.17) is 16.3 Å². The van der Waals surface area contributed by atoms with Gasteiger partial charge in [0.15, 0.2) is 12.3 Å². The van der Waals surface area contributed by atoms with Crippen molar-refractivity contribution in [2.75, 3.05) is 6.61 Å². The van der Waals surface area contributed by atoms with E-state index >= 15 is 0 Å². The average molecular weight is 375 g/mol. The summed E-state index contributed by atoms with van der Waals surface area (Å²) in [5.41, 5.74) is 0.165. The maximum atomic E-state index is 11.8. The number of aromatic nitrogens is 1. The van der Waals surface area contributed by atoms with Crippen molar-refractivity contribution in [2.45, 2.75) is 0 Å². The number of hydrogen-bond donors (Lipinski definition) is 2. The van der Waals surface area contributed by atoms with Crippen molar-refractivity contribution in [3.8, 4) is 11.6 Å². The summed E-state index contributed by atoms with van der Waals surface area (Å²) in [4.78, 5) is 24.7. The molecule has 1 aromatic heterocycles. The number of nitro benzene ring substituents is 1. The number of aromatic hydroxyl groups is 1. The topological polar surface area (TPSA) is 130 Å². The van der Waals surface area contributed by atoms with Gasteiger partial charge in [0.1, 0.15) is 5.75 Å². The summed E-state index contributed by atoms with van der Waals surface area (Å²) < 4.78 is 5.24. The van der Waals surface area contributed by atoms with Crippen LogP contribution in [0.3, 0.4) is 0 Å². The van der Waals surface area contributed by atoms with E-state index < -0.39 is 17.4 Å². The van der Waals surface area contributed by atoms with E-state index in [9.17, 15) is 20.0 Å². The molecule has 0 saturated carbocycles. The Balaban J connectivity index is 1.78. The van der Waals surface area contributed by atoms with E-state index in [2.05, 4.69) is 15.2 Å². The fourth-order valence-corrected chi connectivity index (χ4v) is 2.39. The van der Waals surface area contributed by atoms with Crippen LogP contribution in [0.2, 0.25) is 5.02 Å². The summed E-state index contributed by atoms with van der Waals surface area (Å²) in [6.07, 6.45) is 0. The third kappa shape index (κ3) is 3.62. The van der Waals surface area contributed by atoms with Gasteiger partial charge in [-0.25, -0.2) is 0 Å². The highest BCUT2D eigenvalue weighted by molar-refractivity contribution is 6.32. The molecule has 132 valence electrons. The fraction of sp³-hybridized carbons (Fsp3) is 0.0625. The molecule has 1 heterocycles. The number of ether oxygens (including phenoxy) is 1. The lowest BCUT2D eigenvalue weighted by molar-refractivity contribution is -0.384. The van der Waals surface area contributed by atoms with E-state index in [-0.39, 0.29) is 22.6 Å². The first-order chi connectivity index (χ1) is 12.5. The third-order valence-electron chi connectivity index (χ3n) is 3.40. The average Bonchev–Trinajstić information content (AvgIpc) is 2.93. The van der Waals surface area contributed by atoms with Crippen molar-refractivity contribution in [2.24, 2.45) is 10.2 Å². The number of azo groups is 1. The van der Waals surface area contributed by atoms with Crippen LogP contribution in [0.15, 0.2) is 52.7 Å². The first-order valence-electron chi connectivity index (χ1n) is 7.26. The Bertz CT molecular complexity index is 1030. The van der Waals surface area contributed by atoms with Crippen LogP contribution in [0.25, 0.3) is 10.9 Å². The summed E-state index contributed by atoms with van der Waals surface area (Å²) >= 11 is 5.91. The van der Waals surface area contributed by atoms with Crippen molar-refractivity contribution in [3.05, 3.63) is 57.6 Å². The number of nitrogens with one attached hydrogen (secondary N) is 1. The van der Waals surface area contributed by atoms with Gasteiger partial charge in [-0.05, 0) is 18.2 Å². The number of benzene rings is 2. The first kappa shape index (κ1) is 17.4. The van der Waals surface area contributed by atoms with Gasteiger partial charge in [-0.15, -0.1) is 10.2 Å². The zero-order chi connectivity index (χ0) is 18.7. The third-order valence-corrected chi connectivity index (χ3v) is 3.71. The second-order valence-corrected chi connectivity index (χ2v) is 5.53. The number of H-pyrrole nitrogens is 1. The van der Waals surface area contributed by atoms with Gasteiger partial charge < -0.3 is 14.8 Å². The zero-order valence-electron chi connectivity index (χ0n) is 13.0. The molecule has 3 aromatic rings. The molecule has 0 aliphatic carbocycles. The minimum Gasteiger partial charge on any atom is -0.493 e. The van der Waals surface area contributed by atoms with Gasteiger partial charge in [-0.2, -0.15) is 0 Å². The standard InChI is InChI=1S/C16H11ClN4O5/c17-11-3-1-2-4-13(11)26-8-14(22)19-20-15-10-7-9(21(24)25)5-6-12(10)18-16(15)23/h1-7,18,23H,8H2. The van der Waals surface area contributed by atoms with Crippen molar-refractivity contribution in [1.82, 2.24) is 4.98 Å². The Morgan fingerprint density at radius 3 is 2.81 bits per heavy atom. The van der Waals surface area contributed by atoms with Crippen LogP contribution in [-0.4, -0.2) is 27.5 Å². The maximum absolute atomic E-state index is 11.8. The van der Waals surface area contributed by atoms with Gasteiger partial charge in [0.25, 0.3) is 5.69 Å². The number of nitrogens with zero attached hydrogens (tertiary/aromatic N) is 3. The van der Waals surface area contributed by atoms with E-state index in [1.807, 2.05) is 0 Å². The van der Waals surface area contributed by atoms with Crippen LogP contribution in [0.1, 0.15) is 0 Å². The van der Waals surface area contributed by atoms with Crippen LogP contribution in [0, 0.1) is 10.1 Å². The number of para-hydroxylation sites is 1. The SMILES string of the molecule is O=C(COc1ccccc1Cl)N=Nc1c(O)[nH]c2ccc([N+](=O)[O-])cc12. The number of non-ortho nitro benzene ring substituents is 1. The predicted molar refractivity (Wildman–Crippen MR) is 93.1 cm³/mol. The highest BCUT2D eigenvalue weighted by Crippen LogP contribution is 2.37. The number of fused-ring (bicyclic) bond motifs is 1. The molecule has 0 fully saturated rings. The zero-order valence-corrected chi connectivity index (χ0v) is 13.8. The minimum atomic E-state index is -0.718. The molecule has 0 bridgehead atoms. The van der Waals surface area contributed by atoms with Crippen LogP contribution >= 0.6 is 11.6 Å². The summed E-state index contributed by atoms with van der Waals surface area (Å²) in [5, 5.41) is 28.5. The Labute approximate surface area is 151 Å². The molecule has 0 spiro atoms. The Kier molecular flexibility index (Phi) is 4.81. The second kappa shape index (κ2) is 7.19. The Morgan fingerprint density at radius 2 is 2.08 bits per heavy atom. The minimum absolute atomic E-state index is 0.0743. The molecule has 0 radical (unpaired) electrons. The molecular weight excluding hydrogens is 364 g/mol. The molecule has 0 atom stereocenters. The van der Waals surface area contributed by atoms with Gasteiger partial charge in [0, 0.05) is 17.5 Å². The lowest BCUT2D eigenvalue weighted by atomic mass is 10.2. The molecular formula is C16H11ClN4O5. The van der Waals surface area contributed by atoms with E-state index in [0.29, 0.717) is 16.3 Å². The molecule has 0 saturated heterocycles. The molecule has 0 unspecified atom stereocenters. The van der Waals surface area contributed by atoms with E-state index in [0.717, 1.165) is 0 Å². The highest BCUT2D eigenvalue weighted by Gasteiger charge is 2.15. The number of amides is 1. The fourth-order valence-electron chi connectivity index (χ4n) is 2.20. The van der Waals surface area contributed by atoms with Gasteiger partial charge in [-0.3, -0.25) is 14.9 Å². The molecule has 10 heteroatoms. The lowest BCUT2D eigenvalue weighted by Crippen LogP contribution is -2.08. The van der Waals surface area contributed by atoms with Crippen molar-refractivity contribution in [3.63, 3.8) is 0 Å². The second-order valence-electron chi connectivity index (χ2n) is 5.12. The van der Waals surface area contributed by atoms with Crippen LogP contribution in [0.4, 0.5) is 11.4 Å². The quantitative estimate of drug-likeness (QED) is 0.394. The van der Waals surface area contributed by atoms with Crippen LogP contribution in [0.5, 0.6) is 11.6 Å². The number of hydrogen-bond acceptors (Lipinski definition) is 6. The molecule has 2 aromatic carbocycles. The number of halogens is 1. The van der Waals surface area contributed by atoms with Gasteiger partial charge in [0.2, 0.25) is 5.88 Å². The Hall–Kier alpha value is -3.46. The normalized spacial score (nSPS) is 11.1. The summed E-state index contributed by atoms with van der Waals surface area (Å²) in [5.74, 6) is -0.753. The van der Waals surface area contributed by atoms with Gasteiger partial charge in [0.05, 0.1) is 15.5 Å². The molecule has 9 nitrogen and oxygen atoms in total. The smallest absolute Gasteiger partial charge is 0.302 e. The molecule has 1 amide bonds. The van der Waals surface area contributed by atoms with Crippen molar-refractivity contribution in [1.29, 1.82) is 0 Å². The number of carbonyl (C=O) groups excluding carboxylic acids is 1. The predicted octanol–water partition coefficient (Wildman–Crippen LogP) is 4.12. The summed E-state index contributed by atoms with van der Waals surface area (Å²) in [6, 6.07) is 10.6. The summed E-state index contributed by atoms with van der Waals surface area (Å²) in [7, 11) is 0. The van der Waals surface area contributed by atoms with Crippen molar-refractivity contribution >= 4 is 39.8 Å². The number of nitro groups is 1. The van der Waals surface area contributed by atoms with Gasteiger partial charge >= 0.3 is 5.91 Å². The highest BCUT2D eigenvalue weighted by atomic mass is 35.5. The lowest BCUT2D eigenvalue weighted by Gasteiger charge is -2.04. The van der Waals surface area contributed by atoms with Crippen LogP contribution in [-0.2, 0) is 4.79 Å². The molecule has 26 heavy (non-hydrogen) atoms. The van der Waals surface area contributed by atoms with Gasteiger partial charge in [-0.1, -0.05) is 23.7 Å². The number of carbonyl (C=O) groups is 1. The van der Waals surface area contributed by atoms with E-state index in [1.165, 1.54) is 18.2 Å². The summed E-state index contributed by atoms with van der Waals surface area (Å²) in [6.45, 7) is -0.406. The van der Waals surface area contributed by atoms with E-state index in [1.54, 1.807) is 24.3 Å². The molecule has 0 aliphatic rings. The largest absolute Gasteiger partial charge is 0.493 e. The Morgan fingerprint density at radius 1 is 1.31 bits per heavy atom. The molecule has 0 aliphatic heterocycles.